The molecule has 0 aliphatic rings. The predicted molar refractivity (Wildman–Crippen MR) is 76.0 cm³/mol. The summed E-state index contributed by atoms with van der Waals surface area (Å²) in [6, 6.07) is 7.43. The molecule has 2 rings (SSSR count). The van der Waals surface area contributed by atoms with E-state index in [9.17, 15) is 9.59 Å². The molecule has 1 atom stereocenters. The first kappa shape index (κ1) is 14.1. The number of rotatable bonds is 3. The average Bonchev–Trinajstić information content (AvgIpc) is 2.81. The molecule has 0 saturated heterocycles. The van der Waals surface area contributed by atoms with Crippen LogP contribution in [0.4, 0.5) is 0 Å². The van der Waals surface area contributed by atoms with E-state index in [0.717, 1.165) is 10.9 Å². The lowest BCUT2D eigenvalue weighted by Crippen LogP contribution is -2.44. The first-order valence-electron chi connectivity index (χ1n) is 6.63. The molecular formula is C15H18N2O3. The van der Waals surface area contributed by atoms with E-state index in [-0.39, 0.29) is 17.6 Å². The molecule has 1 heterocycles. The first-order valence-corrected chi connectivity index (χ1v) is 6.63. The summed E-state index contributed by atoms with van der Waals surface area (Å²) in [5.41, 5.74) is 6.20. The Kier molecular flexibility index (Phi) is 4.08. The fraction of sp³-hybridized carbons (Fsp3) is 0.333. The van der Waals surface area contributed by atoms with Gasteiger partial charge in [0.05, 0.1) is 0 Å². The maximum Gasteiger partial charge on any atom is 0.305 e. The number of aryl methyl sites for hydroxylation is 1. The van der Waals surface area contributed by atoms with Crippen LogP contribution in [0.15, 0.2) is 28.7 Å². The molecule has 20 heavy (non-hydrogen) atoms. The fourth-order valence-corrected chi connectivity index (χ4v) is 1.87. The van der Waals surface area contributed by atoms with Gasteiger partial charge in [0.15, 0.2) is 5.76 Å². The van der Waals surface area contributed by atoms with Crippen molar-refractivity contribution in [2.24, 2.45) is 5.92 Å². The predicted octanol–water partition coefficient (Wildman–Crippen LogP) is 2.55. The summed E-state index contributed by atoms with van der Waals surface area (Å²) in [6.45, 7) is 5.53. The Morgan fingerprint density at radius 3 is 2.60 bits per heavy atom. The van der Waals surface area contributed by atoms with Crippen molar-refractivity contribution in [1.29, 1.82) is 0 Å². The molecule has 0 spiro atoms. The number of hydrazine groups is 1. The largest absolute Gasteiger partial charge is 0.451 e. The standard InChI is InChI=1S/C15H18N2O3/c1-4-9(2)14(18)16-17-15(19)13-10(3)11-7-5-6-8-12(11)20-13/h5-9H,4H2,1-3H3,(H,16,18)(H,17,19). The number of fused-ring (bicyclic) bond motifs is 1. The lowest BCUT2D eigenvalue weighted by atomic mass is 10.1. The van der Waals surface area contributed by atoms with Gasteiger partial charge in [0.1, 0.15) is 5.58 Å². The molecule has 0 aliphatic heterocycles. The van der Waals surface area contributed by atoms with Gasteiger partial charge in [-0.1, -0.05) is 32.0 Å². The van der Waals surface area contributed by atoms with E-state index in [1.165, 1.54) is 0 Å². The van der Waals surface area contributed by atoms with Crippen LogP contribution in [0, 0.1) is 12.8 Å². The van der Waals surface area contributed by atoms with Crippen LogP contribution < -0.4 is 10.9 Å². The summed E-state index contributed by atoms with van der Waals surface area (Å²) in [4.78, 5) is 23.6. The van der Waals surface area contributed by atoms with Gasteiger partial charge in [-0.15, -0.1) is 0 Å². The van der Waals surface area contributed by atoms with Crippen molar-refractivity contribution in [2.75, 3.05) is 0 Å². The van der Waals surface area contributed by atoms with E-state index >= 15 is 0 Å². The van der Waals surface area contributed by atoms with Gasteiger partial charge < -0.3 is 4.42 Å². The van der Waals surface area contributed by atoms with Gasteiger partial charge in [-0.2, -0.15) is 0 Å². The minimum atomic E-state index is -0.449. The van der Waals surface area contributed by atoms with Gasteiger partial charge in [-0.3, -0.25) is 20.4 Å². The number of carbonyl (C=O) groups is 2. The van der Waals surface area contributed by atoms with E-state index in [4.69, 9.17) is 4.42 Å². The number of benzene rings is 1. The van der Waals surface area contributed by atoms with Crippen LogP contribution in [0.2, 0.25) is 0 Å². The molecule has 0 saturated carbocycles. The molecule has 0 fully saturated rings. The highest BCUT2D eigenvalue weighted by Crippen LogP contribution is 2.24. The molecule has 5 nitrogen and oxygen atoms in total. The Bertz CT molecular complexity index is 646. The number of furan rings is 1. The maximum absolute atomic E-state index is 12.0. The van der Waals surface area contributed by atoms with Crippen LogP contribution >= 0.6 is 0 Å². The maximum atomic E-state index is 12.0. The van der Waals surface area contributed by atoms with Crippen molar-refractivity contribution in [3.63, 3.8) is 0 Å². The summed E-state index contributed by atoms with van der Waals surface area (Å²) in [5.74, 6) is -0.590. The van der Waals surface area contributed by atoms with Crippen LogP contribution in [0.1, 0.15) is 36.4 Å². The number of hydrogen-bond acceptors (Lipinski definition) is 3. The first-order chi connectivity index (χ1) is 9.54. The molecule has 2 aromatic rings. The van der Waals surface area contributed by atoms with Crippen molar-refractivity contribution in [3.8, 4) is 0 Å². The molecule has 0 bridgehead atoms. The normalized spacial score (nSPS) is 12.2. The quantitative estimate of drug-likeness (QED) is 0.845. The zero-order valence-corrected chi connectivity index (χ0v) is 11.8. The van der Waals surface area contributed by atoms with Crippen molar-refractivity contribution in [3.05, 3.63) is 35.6 Å². The van der Waals surface area contributed by atoms with Crippen LogP contribution in [0.5, 0.6) is 0 Å². The summed E-state index contributed by atoms with van der Waals surface area (Å²) in [5, 5.41) is 0.894. The second-order valence-corrected chi connectivity index (χ2v) is 4.81. The van der Waals surface area contributed by atoms with Crippen LogP contribution in [0.3, 0.4) is 0 Å². The highest BCUT2D eigenvalue weighted by Gasteiger charge is 2.18. The topological polar surface area (TPSA) is 71.3 Å². The molecule has 0 radical (unpaired) electrons. The average molecular weight is 274 g/mol. The zero-order chi connectivity index (χ0) is 14.7. The zero-order valence-electron chi connectivity index (χ0n) is 11.8. The fourth-order valence-electron chi connectivity index (χ4n) is 1.87. The number of para-hydroxylation sites is 1. The Labute approximate surface area is 117 Å². The van der Waals surface area contributed by atoms with Gasteiger partial charge in [0.25, 0.3) is 0 Å². The van der Waals surface area contributed by atoms with Gasteiger partial charge in [-0.05, 0) is 19.4 Å². The second kappa shape index (κ2) is 5.77. The third kappa shape index (κ3) is 2.66. The van der Waals surface area contributed by atoms with Crippen molar-refractivity contribution < 1.29 is 14.0 Å². The SMILES string of the molecule is CCC(C)C(=O)NNC(=O)c1oc2ccccc2c1C. The molecule has 5 heteroatoms. The molecule has 106 valence electrons. The van der Waals surface area contributed by atoms with Crippen molar-refractivity contribution in [1.82, 2.24) is 10.9 Å². The Morgan fingerprint density at radius 1 is 1.25 bits per heavy atom. The van der Waals surface area contributed by atoms with E-state index in [0.29, 0.717) is 12.0 Å². The van der Waals surface area contributed by atoms with Crippen LogP contribution in [-0.4, -0.2) is 11.8 Å². The Hall–Kier alpha value is -2.30. The Morgan fingerprint density at radius 2 is 1.95 bits per heavy atom. The second-order valence-electron chi connectivity index (χ2n) is 4.81. The van der Waals surface area contributed by atoms with Crippen LogP contribution in [0.25, 0.3) is 11.0 Å². The molecule has 0 aliphatic carbocycles. The number of carbonyl (C=O) groups excluding carboxylic acids is 2. The Balaban J connectivity index is 2.12. The minimum absolute atomic E-state index is 0.146. The molecule has 2 amide bonds. The molecular weight excluding hydrogens is 256 g/mol. The van der Waals surface area contributed by atoms with E-state index < -0.39 is 5.91 Å². The number of nitrogens with one attached hydrogen (secondary N) is 2. The number of hydrogen-bond donors (Lipinski definition) is 2. The van der Waals surface area contributed by atoms with Gasteiger partial charge in [-0.25, -0.2) is 0 Å². The third-order valence-electron chi connectivity index (χ3n) is 3.41. The molecule has 1 unspecified atom stereocenters. The smallest absolute Gasteiger partial charge is 0.305 e. The summed E-state index contributed by atoms with van der Waals surface area (Å²) < 4.78 is 5.52. The minimum Gasteiger partial charge on any atom is -0.451 e. The summed E-state index contributed by atoms with van der Waals surface area (Å²) >= 11 is 0. The van der Waals surface area contributed by atoms with Gasteiger partial charge >= 0.3 is 5.91 Å². The number of amides is 2. The lowest BCUT2D eigenvalue weighted by molar-refractivity contribution is -0.125. The van der Waals surface area contributed by atoms with Crippen molar-refractivity contribution in [2.45, 2.75) is 27.2 Å². The van der Waals surface area contributed by atoms with Gasteiger partial charge in [0, 0.05) is 16.9 Å². The monoisotopic (exact) mass is 274 g/mol. The van der Waals surface area contributed by atoms with E-state index in [2.05, 4.69) is 10.9 Å². The molecule has 2 N–H and O–H groups in total. The van der Waals surface area contributed by atoms with Crippen molar-refractivity contribution >= 4 is 22.8 Å². The molecule has 1 aromatic carbocycles. The van der Waals surface area contributed by atoms with Gasteiger partial charge in [0.2, 0.25) is 5.91 Å². The molecule has 1 aromatic heterocycles. The van der Waals surface area contributed by atoms with E-state index in [1.807, 2.05) is 32.0 Å². The summed E-state index contributed by atoms with van der Waals surface area (Å²) in [6.07, 6.45) is 0.714. The lowest BCUT2D eigenvalue weighted by Gasteiger charge is -2.10. The third-order valence-corrected chi connectivity index (χ3v) is 3.41. The highest BCUT2D eigenvalue weighted by atomic mass is 16.3. The summed E-state index contributed by atoms with van der Waals surface area (Å²) in [7, 11) is 0. The van der Waals surface area contributed by atoms with E-state index in [1.54, 1.807) is 13.0 Å². The highest BCUT2D eigenvalue weighted by molar-refractivity contribution is 5.99. The van der Waals surface area contributed by atoms with Crippen LogP contribution in [-0.2, 0) is 4.79 Å².